The first kappa shape index (κ1) is 56.6. The molecule has 9 rings (SSSR count). The van der Waals surface area contributed by atoms with Crippen molar-refractivity contribution in [3.8, 4) is 52.7 Å². The Morgan fingerprint density at radius 3 is 1.15 bits per heavy atom. The Kier molecular flexibility index (Phi) is 20.5. The molecule has 0 atom stereocenters. The molecule has 2 aromatic heterocycles. The van der Waals surface area contributed by atoms with Crippen LogP contribution in [0.25, 0.3) is 0 Å². The molecule has 7 aromatic carbocycles. The van der Waals surface area contributed by atoms with Crippen molar-refractivity contribution in [3.05, 3.63) is 240 Å². The lowest BCUT2D eigenvalue weighted by atomic mass is 10.2. The maximum Gasteiger partial charge on any atom is 0.323 e. The summed E-state index contributed by atoms with van der Waals surface area (Å²) in [5.41, 5.74) is 5.62. The normalized spacial score (nSPS) is 9.89. The number of hydrogen-bond acceptors (Lipinski definition) is 14. The summed E-state index contributed by atoms with van der Waals surface area (Å²) in [5.74, 6) is 0.954. The number of nitrogens with one attached hydrogen (secondary N) is 6. The van der Waals surface area contributed by atoms with Gasteiger partial charge in [-0.1, -0.05) is 78.9 Å². The van der Waals surface area contributed by atoms with Gasteiger partial charge in [0.05, 0.1) is 74.7 Å². The van der Waals surface area contributed by atoms with Crippen molar-refractivity contribution in [2.45, 2.75) is 19.8 Å². The van der Waals surface area contributed by atoms with Gasteiger partial charge < -0.3 is 61.4 Å². The zero-order chi connectivity index (χ0) is 57.2. The van der Waals surface area contributed by atoms with Crippen LogP contribution in [0.3, 0.4) is 0 Å². The molecule has 0 aliphatic carbocycles. The van der Waals surface area contributed by atoms with E-state index >= 15 is 0 Å². The van der Waals surface area contributed by atoms with Gasteiger partial charge in [0.2, 0.25) is 0 Å². The molecular weight excluding hydrogens is 1030 g/mol. The van der Waals surface area contributed by atoms with Gasteiger partial charge in [0.25, 0.3) is 0 Å². The van der Waals surface area contributed by atoms with Crippen LogP contribution in [-0.2, 0) is 19.8 Å². The van der Waals surface area contributed by atoms with E-state index < -0.39 is 18.1 Å². The second kappa shape index (κ2) is 29.3. The van der Waals surface area contributed by atoms with Crippen molar-refractivity contribution < 1.29 is 43.9 Å². The summed E-state index contributed by atoms with van der Waals surface area (Å²) in [5, 5.41) is 71.8. The van der Waals surface area contributed by atoms with Gasteiger partial charge in [-0.25, -0.2) is 14.4 Å². The highest BCUT2D eigenvalue weighted by molar-refractivity contribution is 6.03. The number of phenols is 3. The Morgan fingerprint density at radius 1 is 0.395 bits per heavy atom. The van der Waals surface area contributed by atoms with E-state index in [9.17, 15) is 29.7 Å². The zero-order valence-corrected chi connectivity index (χ0v) is 42.8. The molecule has 9 N–H and O–H groups in total. The molecule has 0 saturated heterocycles. The summed E-state index contributed by atoms with van der Waals surface area (Å²) >= 11 is 0. The molecule has 9 aromatic rings. The lowest BCUT2D eigenvalue weighted by Crippen LogP contribution is -2.20. The summed E-state index contributed by atoms with van der Waals surface area (Å²) < 4.78 is 17.3. The Bertz CT molecular complexity index is 3340. The molecule has 0 fully saturated rings. The number of pyridine rings is 2. The number of rotatable bonds is 15. The summed E-state index contributed by atoms with van der Waals surface area (Å²) in [4.78, 5) is 45.0. The monoisotopic (exact) mass is 1080 g/mol. The fraction of sp³-hybridized carbons (Fsp3) is 0.0492. The number of urea groups is 3. The van der Waals surface area contributed by atoms with Crippen molar-refractivity contribution in [2.24, 2.45) is 0 Å². The maximum atomic E-state index is 12.3. The highest BCUT2D eigenvalue weighted by Gasteiger charge is 2.14. The molecule has 2 heterocycles. The zero-order valence-electron chi connectivity index (χ0n) is 42.8. The first-order valence-electron chi connectivity index (χ1n) is 24.4. The Balaban J connectivity index is 0.000000175. The van der Waals surface area contributed by atoms with Gasteiger partial charge in [0.15, 0.2) is 0 Å². The predicted octanol–water partition coefficient (Wildman–Crippen LogP) is 12.3. The third kappa shape index (κ3) is 17.8. The van der Waals surface area contributed by atoms with Gasteiger partial charge in [-0.2, -0.15) is 15.8 Å². The van der Waals surface area contributed by atoms with E-state index in [1.165, 1.54) is 54.6 Å². The minimum Gasteiger partial charge on any atom is -0.506 e. The Hall–Kier alpha value is -12.1. The number of ether oxygens (including phenoxy) is 3. The molecular formula is C61H49N11O9. The fourth-order valence-electron chi connectivity index (χ4n) is 7.05. The van der Waals surface area contributed by atoms with Crippen LogP contribution in [0.5, 0.6) is 34.5 Å². The molecule has 0 aliphatic rings. The lowest BCUT2D eigenvalue weighted by Gasteiger charge is -2.13. The average molecular weight is 1080 g/mol. The molecule has 0 saturated carbocycles. The summed E-state index contributed by atoms with van der Waals surface area (Å²) in [6, 6.07) is 56.9. The van der Waals surface area contributed by atoms with Gasteiger partial charge >= 0.3 is 18.1 Å². The van der Waals surface area contributed by atoms with Crippen LogP contribution >= 0.6 is 0 Å². The Morgan fingerprint density at radius 2 is 0.765 bits per heavy atom. The van der Waals surface area contributed by atoms with E-state index in [4.69, 9.17) is 30.0 Å². The van der Waals surface area contributed by atoms with Crippen molar-refractivity contribution >= 4 is 52.2 Å². The number of nitriles is 3. The second-order valence-electron chi connectivity index (χ2n) is 16.8. The third-order valence-corrected chi connectivity index (χ3v) is 11.0. The van der Waals surface area contributed by atoms with Gasteiger partial charge in [0.1, 0.15) is 54.3 Å². The first-order chi connectivity index (χ1) is 39.5. The molecule has 0 bridgehead atoms. The van der Waals surface area contributed by atoms with Crippen LogP contribution in [-0.4, -0.2) is 43.4 Å². The molecule has 20 heteroatoms. The highest BCUT2D eigenvalue weighted by atomic mass is 16.5. The average Bonchev–Trinajstić information content (AvgIpc) is 3.52. The van der Waals surface area contributed by atoms with Crippen LogP contribution in [0.4, 0.5) is 48.5 Å². The highest BCUT2D eigenvalue weighted by Crippen LogP contribution is 2.31. The number of anilines is 6. The fourth-order valence-corrected chi connectivity index (χ4v) is 7.05. The molecule has 20 nitrogen and oxygen atoms in total. The maximum absolute atomic E-state index is 12.3. The van der Waals surface area contributed by atoms with Crippen molar-refractivity contribution in [1.82, 2.24) is 9.97 Å². The standard InChI is InChI=1S/C21H17N3O3.2C20H16N4O3/c22-13-16-10-11-17(19(25)12-16)23-21(26)24-18-8-4-5-9-20(18)27-14-15-6-2-1-3-7-15;21-12-14-8-9-16(18(25)11-14)23-20(26)24-17-6-1-2-7-19(17)27-13-15-5-3-4-10-22-15;21-11-14-7-8-16(18(25)10-14)23-20(26)24-17-5-1-2-6-19(17)27-13-15-4-3-9-22-12-15/h1-12,25H,14H2,(H2,23,24,26);1-11,25H,13H2,(H2,23,24,26);1-10,12,25H,13H2,(H2,23,24,26). The van der Waals surface area contributed by atoms with Crippen LogP contribution in [0.2, 0.25) is 0 Å². The summed E-state index contributed by atoms with van der Waals surface area (Å²) in [7, 11) is 0. The predicted molar refractivity (Wildman–Crippen MR) is 304 cm³/mol. The molecule has 402 valence electrons. The van der Waals surface area contributed by atoms with Gasteiger partial charge in [-0.05, 0) is 115 Å². The third-order valence-electron chi connectivity index (χ3n) is 11.0. The second-order valence-corrected chi connectivity index (χ2v) is 16.8. The van der Waals surface area contributed by atoms with E-state index in [0.29, 0.717) is 64.2 Å². The number of hydrogen-bond donors (Lipinski definition) is 9. The quantitative estimate of drug-likeness (QED) is 0.0431. The van der Waals surface area contributed by atoms with Crippen LogP contribution in [0, 0.1) is 34.0 Å². The van der Waals surface area contributed by atoms with Crippen LogP contribution in [0.15, 0.2) is 207 Å². The molecule has 0 aliphatic heterocycles. The number of amides is 6. The number of benzene rings is 7. The number of para-hydroxylation sites is 6. The smallest absolute Gasteiger partial charge is 0.323 e. The topological polar surface area (TPSA) is 309 Å². The number of phenolic OH excluding ortho intramolecular Hbond substituents is 3. The summed E-state index contributed by atoms with van der Waals surface area (Å²) in [6.07, 6.45) is 5.07. The molecule has 6 amide bonds. The number of carbonyl (C=O) groups excluding carboxylic acids is 3. The van der Waals surface area contributed by atoms with Crippen molar-refractivity contribution in [2.75, 3.05) is 31.9 Å². The number of aromatic nitrogens is 2. The molecule has 0 radical (unpaired) electrons. The molecule has 0 spiro atoms. The van der Waals surface area contributed by atoms with E-state index in [0.717, 1.165) is 16.8 Å². The molecule has 81 heavy (non-hydrogen) atoms. The number of nitrogens with zero attached hydrogens (tertiary/aromatic N) is 5. The number of aromatic hydroxyl groups is 3. The minimum absolute atomic E-state index is 0.183. The van der Waals surface area contributed by atoms with E-state index in [1.54, 1.807) is 85.3 Å². The van der Waals surface area contributed by atoms with Crippen LogP contribution in [0.1, 0.15) is 33.5 Å². The number of carbonyl (C=O) groups is 3. The SMILES string of the molecule is N#Cc1ccc(NC(=O)Nc2ccccc2OCc2ccccc2)c(O)c1.N#Cc1ccc(NC(=O)Nc2ccccc2OCc2ccccn2)c(O)c1.N#Cc1ccc(NC(=O)Nc2ccccc2OCc2cccnc2)c(O)c1. The summed E-state index contributed by atoms with van der Waals surface area (Å²) in [6.45, 7) is 0.944. The first-order valence-corrected chi connectivity index (χ1v) is 24.4. The Labute approximate surface area is 464 Å². The minimum atomic E-state index is -0.552. The van der Waals surface area contributed by atoms with Crippen molar-refractivity contribution in [3.63, 3.8) is 0 Å². The van der Waals surface area contributed by atoms with Crippen LogP contribution < -0.4 is 46.1 Å². The lowest BCUT2D eigenvalue weighted by molar-refractivity contribution is 0.261. The van der Waals surface area contributed by atoms with Crippen molar-refractivity contribution in [1.29, 1.82) is 15.8 Å². The van der Waals surface area contributed by atoms with Gasteiger partial charge in [-0.15, -0.1) is 0 Å². The van der Waals surface area contributed by atoms with E-state index in [-0.39, 0.29) is 40.9 Å². The van der Waals surface area contributed by atoms with Gasteiger partial charge in [-0.3, -0.25) is 9.97 Å². The van der Waals surface area contributed by atoms with E-state index in [1.807, 2.05) is 84.9 Å². The van der Waals surface area contributed by atoms with E-state index in [2.05, 4.69) is 41.9 Å². The largest absolute Gasteiger partial charge is 0.506 e. The van der Waals surface area contributed by atoms with Gasteiger partial charge in [0, 0.05) is 24.2 Å². The molecule has 0 unspecified atom stereocenters.